The standard InChI is InChI=1S/C20H22N2O4S/c1-4-25-19(23)17-15(11-27-14-8-7-12(2)13(3)10-14)21-20(24)22-18(17)16-6-5-9-26-16/h5-10,18H,4,11H2,1-3H3,(H2,21,22,24). The lowest BCUT2D eigenvalue weighted by atomic mass is 10.0. The Labute approximate surface area is 162 Å². The van der Waals surface area contributed by atoms with Crippen LogP contribution in [0.5, 0.6) is 0 Å². The Morgan fingerprint density at radius 2 is 2.07 bits per heavy atom. The highest BCUT2D eigenvalue weighted by atomic mass is 32.2. The molecule has 2 aromatic rings. The first-order valence-corrected chi connectivity index (χ1v) is 9.69. The average Bonchev–Trinajstić information content (AvgIpc) is 3.17. The summed E-state index contributed by atoms with van der Waals surface area (Å²) < 4.78 is 10.7. The molecule has 27 heavy (non-hydrogen) atoms. The van der Waals surface area contributed by atoms with Gasteiger partial charge in [-0.25, -0.2) is 9.59 Å². The molecule has 0 saturated heterocycles. The predicted molar refractivity (Wildman–Crippen MR) is 103 cm³/mol. The molecule has 1 aromatic carbocycles. The van der Waals surface area contributed by atoms with Crippen molar-refractivity contribution < 1.29 is 18.7 Å². The van der Waals surface area contributed by atoms with Crippen LogP contribution in [0.3, 0.4) is 0 Å². The summed E-state index contributed by atoms with van der Waals surface area (Å²) in [5.41, 5.74) is 3.31. The molecule has 1 aliphatic rings. The molecule has 2 N–H and O–H groups in total. The van der Waals surface area contributed by atoms with Crippen LogP contribution < -0.4 is 10.6 Å². The summed E-state index contributed by atoms with van der Waals surface area (Å²) in [5, 5.41) is 5.50. The molecule has 0 fully saturated rings. The number of carbonyl (C=O) groups excluding carboxylic acids is 2. The van der Waals surface area contributed by atoms with Gasteiger partial charge in [-0.15, -0.1) is 11.8 Å². The number of nitrogens with one attached hydrogen (secondary N) is 2. The fourth-order valence-corrected chi connectivity index (χ4v) is 3.77. The second-order valence-corrected chi connectivity index (χ2v) is 7.24. The Hall–Kier alpha value is -2.67. The molecule has 2 amide bonds. The zero-order valence-electron chi connectivity index (χ0n) is 15.5. The largest absolute Gasteiger partial charge is 0.467 e. The molecule has 1 aliphatic heterocycles. The molecular formula is C20H22N2O4S. The first-order chi connectivity index (χ1) is 13.0. The second kappa shape index (κ2) is 8.35. The first-order valence-electron chi connectivity index (χ1n) is 8.70. The van der Waals surface area contributed by atoms with Crippen molar-refractivity contribution in [3.05, 3.63) is 64.8 Å². The highest BCUT2D eigenvalue weighted by molar-refractivity contribution is 7.99. The van der Waals surface area contributed by atoms with Crippen molar-refractivity contribution in [1.82, 2.24) is 10.6 Å². The van der Waals surface area contributed by atoms with Gasteiger partial charge in [-0.1, -0.05) is 6.07 Å². The molecular weight excluding hydrogens is 364 g/mol. The van der Waals surface area contributed by atoms with Crippen LogP contribution in [0.4, 0.5) is 4.79 Å². The molecule has 6 nitrogen and oxygen atoms in total. The summed E-state index contributed by atoms with van der Waals surface area (Å²) in [7, 11) is 0. The molecule has 0 bridgehead atoms. The fraction of sp³-hybridized carbons (Fsp3) is 0.300. The minimum absolute atomic E-state index is 0.249. The van der Waals surface area contributed by atoms with Crippen LogP contribution in [0.1, 0.15) is 29.9 Å². The number of hydrogen-bond donors (Lipinski definition) is 2. The van der Waals surface area contributed by atoms with E-state index in [1.165, 1.54) is 17.4 Å². The molecule has 0 radical (unpaired) electrons. The lowest BCUT2D eigenvalue weighted by Crippen LogP contribution is -2.46. The monoisotopic (exact) mass is 386 g/mol. The van der Waals surface area contributed by atoms with Gasteiger partial charge in [0.05, 0.1) is 18.4 Å². The highest BCUT2D eigenvalue weighted by Gasteiger charge is 2.35. The van der Waals surface area contributed by atoms with Crippen molar-refractivity contribution in [3.8, 4) is 0 Å². The number of ether oxygens (including phenoxy) is 1. The molecule has 1 unspecified atom stereocenters. The summed E-state index contributed by atoms with van der Waals surface area (Å²) in [6.45, 7) is 6.12. The van der Waals surface area contributed by atoms with Crippen LogP contribution in [0.15, 0.2) is 57.2 Å². The van der Waals surface area contributed by atoms with E-state index in [0.717, 1.165) is 4.90 Å². The Kier molecular flexibility index (Phi) is 5.91. The predicted octanol–water partition coefficient (Wildman–Crippen LogP) is 3.86. The summed E-state index contributed by atoms with van der Waals surface area (Å²) in [6.07, 6.45) is 1.51. The van der Waals surface area contributed by atoms with Gasteiger partial charge >= 0.3 is 12.0 Å². The first kappa shape index (κ1) is 19.1. The van der Waals surface area contributed by atoms with E-state index >= 15 is 0 Å². The maximum atomic E-state index is 12.6. The van der Waals surface area contributed by atoms with Gasteiger partial charge in [0.25, 0.3) is 0 Å². The number of aryl methyl sites for hydroxylation is 2. The van der Waals surface area contributed by atoms with E-state index in [1.54, 1.807) is 30.8 Å². The Morgan fingerprint density at radius 1 is 1.26 bits per heavy atom. The molecule has 1 aromatic heterocycles. The maximum Gasteiger partial charge on any atom is 0.338 e. The molecule has 0 saturated carbocycles. The van der Waals surface area contributed by atoms with E-state index in [1.807, 2.05) is 6.07 Å². The third-order valence-electron chi connectivity index (χ3n) is 4.34. The van der Waals surface area contributed by atoms with E-state index in [-0.39, 0.29) is 12.6 Å². The van der Waals surface area contributed by atoms with Crippen LogP contribution in [0.25, 0.3) is 0 Å². The third-order valence-corrected chi connectivity index (χ3v) is 5.36. The summed E-state index contributed by atoms with van der Waals surface area (Å²) in [5.74, 6) is 0.449. The highest BCUT2D eigenvalue weighted by Crippen LogP contribution is 2.31. The minimum Gasteiger partial charge on any atom is -0.467 e. The van der Waals surface area contributed by atoms with Gasteiger partial charge in [-0.05, 0) is 56.2 Å². The SMILES string of the molecule is CCOC(=O)C1=C(CSc2ccc(C)c(C)c2)NC(=O)NC1c1ccco1. The number of urea groups is 1. The topological polar surface area (TPSA) is 80.6 Å². The van der Waals surface area contributed by atoms with Crippen LogP contribution in [0.2, 0.25) is 0 Å². The molecule has 0 aliphatic carbocycles. The van der Waals surface area contributed by atoms with Crippen LogP contribution in [-0.2, 0) is 9.53 Å². The van der Waals surface area contributed by atoms with Gasteiger partial charge in [-0.3, -0.25) is 0 Å². The zero-order valence-corrected chi connectivity index (χ0v) is 16.3. The van der Waals surface area contributed by atoms with Gasteiger partial charge in [0.15, 0.2) is 0 Å². The summed E-state index contributed by atoms with van der Waals surface area (Å²) in [4.78, 5) is 25.8. The van der Waals surface area contributed by atoms with Gasteiger partial charge in [0, 0.05) is 16.3 Å². The molecule has 2 heterocycles. The van der Waals surface area contributed by atoms with Gasteiger partial charge in [0.1, 0.15) is 11.8 Å². The number of rotatable bonds is 6. The van der Waals surface area contributed by atoms with Crippen LogP contribution in [0, 0.1) is 13.8 Å². The summed E-state index contributed by atoms with van der Waals surface area (Å²) in [6, 6.07) is 8.58. The number of carbonyl (C=O) groups is 2. The maximum absolute atomic E-state index is 12.6. The Bertz CT molecular complexity index is 874. The number of amides is 2. The van der Waals surface area contributed by atoms with Crippen LogP contribution >= 0.6 is 11.8 Å². The molecule has 7 heteroatoms. The van der Waals surface area contributed by atoms with Crippen molar-refractivity contribution in [1.29, 1.82) is 0 Å². The van der Waals surface area contributed by atoms with Crippen molar-refractivity contribution in [3.63, 3.8) is 0 Å². The normalized spacial score (nSPS) is 16.7. The number of furan rings is 1. The Morgan fingerprint density at radius 3 is 2.74 bits per heavy atom. The molecule has 0 spiro atoms. The van der Waals surface area contributed by atoms with Gasteiger partial charge in [0.2, 0.25) is 0 Å². The zero-order chi connectivity index (χ0) is 19.4. The van der Waals surface area contributed by atoms with E-state index in [2.05, 4.69) is 36.6 Å². The number of thioether (sulfide) groups is 1. The number of esters is 1. The van der Waals surface area contributed by atoms with Crippen LogP contribution in [-0.4, -0.2) is 24.4 Å². The van der Waals surface area contributed by atoms with Crippen molar-refractivity contribution >= 4 is 23.8 Å². The van der Waals surface area contributed by atoms with Crippen molar-refractivity contribution in [2.45, 2.75) is 31.7 Å². The van der Waals surface area contributed by atoms with E-state index < -0.39 is 12.0 Å². The van der Waals surface area contributed by atoms with Crippen molar-refractivity contribution in [2.24, 2.45) is 0 Å². The smallest absolute Gasteiger partial charge is 0.338 e. The minimum atomic E-state index is -0.678. The fourth-order valence-electron chi connectivity index (χ4n) is 2.81. The van der Waals surface area contributed by atoms with E-state index in [4.69, 9.17) is 9.15 Å². The quantitative estimate of drug-likeness (QED) is 0.582. The third kappa shape index (κ3) is 4.36. The number of benzene rings is 1. The lowest BCUT2D eigenvalue weighted by Gasteiger charge is -2.27. The molecule has 1 atom stereocenters. The number of hydrogen-bond acceptors (Lipinski definition) is 5. The van der Waals surface area contributed by atoms with E-state index in [9.17, 15) is 9.59 Å². The molecule has 142 valence electrons. The second-order valence-electron chi connectivity index (χ2n) is 6.19. The van der Waals surface area contributed by atoms with Crippen molar-refractivity contribution in [2.75, 3.05) is 12.4 Å². The van der Waals surface area contributed by atoms with Gasteiger partial charge in [-0.2, -0.15) is 0 Å². The lowest BCUT2D eigenvalue weighted by molar-refractivity contribution is -0.139. The Balaban J connectivity index is 1.92. The van der Waals surface area contributed by atoms with Gasteiger partial charge < -0.3 is 19.8 Å². The molecule has 3 rings (SSSR count). The van der Waals surface area contributed by atoms with E-state index in [0.29, 0.717) is 22.8 Å². The summed E-state index contributed by atoms with van der Waals surface area (Å²) >= 11 is 1.55. The average molecular weight is 386 g/mol.